The number of primary amides is 1. The Morgan fingerprint density at radius 2 is 1.84 bits per heavy atom. The first-order valence-electron chi connectivity index (χ1n) is 7.41. The number of ether oxygens (including phenoxy) is 2. The molecule has 130 valence electrons. The molecular formula is C17H14F2N2O4. The van der Waals surface area contributed by atoms with Gasteiger partial charge in [0.05, 0.1) is 11.3 Å². The van der Waals surface area contributed by atoms with Crippen LogP contribution in [0.5, 0.6) is 11.5 Å². The molecule has 0 fully saturated rings. The Morgan fingerprint density at radius 3 is 2.60 bits per heavy atom. The van der Waals surface area contributed by atoms with Crippen LogP contribution in [0.4, 0.5) is 14.5 Å². The van der Waals surface area contributed by atoms with Crippen molar-refractivity contribution in [1.29, 1.82) is 0 Å². The van der Waals surface area contributed by atoms with Crippen LogP contribution in [0.25, 0.3) is 0 Å². The van der Waals surface area contributed by atoms with Crippen LogP contribution < -0.4 is 20.5 Å². The average molecular weight is 348 g/mol. The molecular weight excluding hydrogens is 334 g/mol. The number of nitrogens with one attached hydrogen (secondary N) is 1. The molecule has 0 saturated carbocycles. The van der Waals surface area contributed by atoms with Crippen molar-refractivity contribution in [2.45, 2.75) is 12.8 Å². The van der Waals surface area contributed by atoms with Gasteiger partial charge in [0.25, 0.3) is 5.91 Å². The highest BCUT2D eigenvalue weighted by Crippen LogP contribution is 2.32. The van der Waals surface area contributed by atoms with E-state index in [1.54, 1.807) is 18.2 Å². The highest BCUT2D eigenvalue weighted by atomic mass is 19.1. The van der Waals surface area contributed by atoms with Gasteiger partial charge in [0.1, 0.15) is 11.6 Å². The quantitative estimate of drug-likeness (QED) is 0.868. The second kappa shape index (κ2) is 6.76. The van der Waals surface area contributed by atoms with Crippen LogP contribution >= 0.6 is 0 Å². The molecule has 2 aromatic rings. The van der Waals surface area contributed by atoms with E-state index in [-0.39, 0.29) is 18.9 Å². The van der Waals surface area contributed by atoms with Gasteiger partial charge in [0.2, 0.25) is 12.7 Å². The second-order valence-corrected chi connectivity index (χ2v) is 5.41. The number of nitrogens with two attached hydrogens (primary N) is 1. The summed E-state index contributed by atoms with van der Waals surface area (Å²) in [5.74, 6) is -2.36. The molecule has 0 aliphatic carbocycles. The maximum absolute atomic E-state index is 13.7. The number of aryl methyl sites for hydroxylation is 1. The third-order valence-electron chi connectivity index (χ3n) is 3.67. The monoisotopic (exact) mass is 348 g/mol. The molecule has 8 heteroatoms. The highest BCUT2D eigenvalue weighted by molar-refractivity contribution is 5.96. The van der Waals surface area contributed by atoms with Crippen molar-refractivity contribution < 1.29 is 27.8 Å². The van der Waals surface area contributed by atoms with Gasteiger partial charge in [0, 0.05) is 12.5 Å². The van der Waals surface area contributed by atoms with Crippen LogP contribution in [0, 0.1) is 11.6 Å². The molecule has 3 N–H and O–H groups in total. The number of carbonyl (C=O) groups excluding carboxylic acids is 2. The summed E-state index contributed by atoms with van der Waals surface area (Å²) in [7, 11) is 0. The lowest BCUT2D eigenvalue weighted by molar-refractivity contribution is -0.116. The smallest absolute Gasteiger partial charge is 0.251 e. The molecule has 0 radical (unpaired) electrons. The van der Waals surface area contributed by atoms with E-state index < -0.39 is 29.0 Å². The summed E-state index contributed by atoms with van der Waals surface area (Å²) in [6.45, 7) is 0.158. The summed E-state index contributed by atoms with van der Waals surface area (Å²) in [4.78, 5) is 23.1. The molecule has 0 bridgehead atoms. The topological polar surface area (TPSA) is 90.7 Å². The molecule has 1 heterocycles. The SMILES string of the molecule is NC(=O)c1cc(NC(=O)CCc2ccc3c(c2)OCO3)c(F)cc1F. The Labute approximate surface area is 141 Å². The molecule has 0 atom stereocenters. The molecule has 1 aliphatic heterocycles. The lowest BCUT2D eigenvalue weighted by Crippen LogP contribution is -2.17. The number of fused-ring (bicyclic) bond motifs is 1. The van der Waals surface area contributed by atoms with Crippen molar-refractivity contribution in [3.05, 3.63) is 53.1 Å². The Balaban J connectivity index is 1.65. The number of benzene rings is 2. The van der Waals surface area contributed by atoms with E-state index in [4.69, 9.17) is 15.2 Å². The van der Waals surface area contributed by atoms with Gasteiger partial charge in [-0.25, -0.2) is 8.78 Å². The van der Waals surface area contributed by atoms with Crippen molar-refractivity contribution in [3.63, 3.8) is 0 Å². The number of amides is 2. The largest absolute Gasteiger partial charge is 0.454 e. The van der Waals surface area contributed by atoms with Crippen LogP contribution in [-0.4, -0.2) is 18.6 Å². The zero-order valence-electron chi connectivity index (χ0n) is 13.0. The molecule has 25 heavy (non-hydrogen) atoms. The predicted octanol–water partition coefficient (Wildman–Crippen LogP) is 2.36. The lowest BCUT2D eigenvalue weighted by atomic mass is 10.1. The molecule has 0 spiro atoms. The minimum atomic E-state index is -1.08. The van der Waals surface area contributed by atoms with E-state index in [2.05, 4.69) is 5.32 Å². The number of carbonyl (C=O) groups is 2. The summed E-state index contributed by atoms with van der Waals surface area (Å²) < 4.78 is 37.6. The zero-order valence-corrected chi connectivity index (χ0v) is 13.0. The highest BCUT2D eigenvalue weighted by Gasteiger charge is 2.16. The Hall–Kier alpha value is -3.16. The molecule has 6 nitrogen and oxygen atoms in total. The van der Waals surface area contributed by atoms with Crippen molar-refractivity contribution >= 4 is 17.5 Å². The van der Waals surface area contributed by atoms with Crippen LogP contribution in [-0.2, 0) is 11.2 Å². The third kappa shape index (κ3) is 3.68. The number of hydrogen-bond donors (Lipinski definition) is 2. The summed E-state index contributed by atoms with van der Waals surface area (Å²) in [6.07, 6.45) is 0.441. The van der Waals surface area contributed by atoms with E-state index in [1.165, 1.54) is 0 Å². The average Bonchev–Trinajstić information content (AvgIpc) is 3.02. The van der Waals surface area contributed by atoms with Crippen molar-refractivity contribution in [2.75, 3.05) is 12.1 Å². The molecule has 0 saturated heterocycles. The zero-order chi connectivity index (χ0) is 18.0. The summed E-state index contributed by atoms with van der Waals surface area (Å²) in [5.41, 5.74) is 5.06. The van der Waals surface area contributed by atoms with Gasteiger partial charge in [0.15, 0.2) is 11.5 Å². The Bertz CT molecular complexity index is 855. The summed E-state index contributed by atoms with van der Waals surface area (Å²) >= 11 is 0. The first-order chi connectivity index (χ1) is 11.9. The molecule has 2 amide bonds. The minimum Gasteiger partial charge on any atom is -0.454 e. The van der Waals surface area contributed by atoms with Crippen LogP contribution in [0.1, 0.15) is 22.3 Å². The fourth-order valence-electron chi connectivity index (χ4n) is 2.40. The number of anilines is 1. The second-order valence-electron chi connectivity index (χ2n) is 5.41. The normalized spacial score (nSPS) is 12.1. The fourth-order valence-corrected chi connectivity index (χ4v) is 2.40. The van der Waals surface area contributed by atoms with Gasteiger partial charge >= 0.3 is 0 Å². The van der Waals surface area contributed by atoms with Gasteiger partial charge < -0.3 is 20.5 Å². The van der Waals surface area contributed by atoms with Crippen LogP contribution in [0.15, 0.2) is 30.3 Å². The van der Waals surface area contributed by atoms with Crippen LogP contribution in [0.3, 0.4) is 0 Å². The third-order valence-corrected chi connectivity index (χ3v) is 3.67. The summed E-state index contributed by atoms with van der Waals surface area (Å²) in [5, 5.41) is 2.31. The molecule has 0 aromatic heterocycles. The number of halogens is 2. The van der Waals surface area contributed by atoms with Crippen LogP contribution in [0.2, 0.25) is 0 Å². The van der Waals surface area contributed by atoms with E-state index in [0.717, 1.165) is 11.6 Å². The van der Waals surface area contributed by atoms with Gasteiger partial charge in [-0.05, 0) is 30.2 Å². The van der Waals surface area contributed by atoms with Crippen molar-refractivity contribution in [1.82, 2.24) is 0 Å². The number of rotatable bonds is 5. The summed E-state index contributed by atoms with van der Waals surface area (Å²) in [6, 6.07) is 6.69. The first kappa shape index (κ1) is 16.7. The minimum absolute atomic E-state index is 0.0579. The van der Waals surface area contributed by atoms with Crippen molar-refractivity contribution in [3.8, 4) is 11.5 Å². The standard InChI is InChI=1S/C17H14F2N2O4/c18-11-7-12(19)13(6-10(11)17(20)23)21-16(22)4-2-9-1-3-14-15(5-9)25-8-24-14/h1,3,5-7H,2,4,8H2,(H2,20,23)(H,21,22). The van der Waals surface area contributed by atoms with Crippen molar-refractivity contribution in [2.24, 2.45) is 5.73 Å². The van der Waals surface area contributed by atoms with Gasteiger partial charge in [-0.1, -0.05) is 6.07 Å². The number of hydrogen-bond acceptors (Lipinski definition) is 4. The maximum atomic E-state index is 13.7. The first-order valence-corrected chi connectivity index (χ1v) is 7.41. The Morgan fingerprint density at radius 1 is 1.08 bits per heavy atom. The fraction of sp³-hybridized carbons (Fsp3) is 0.176. The molecule has 3 rings (SSSR count). The predicted molar refractivity (Wildman–Crippen MR) is 84.4 cm³/mol. The van der Waals surface area contributed by atoms with E-state index in [1.807, 2.05) is 0 Å². The molecule has 2 aromatic carbocycles. The molecule has 0 unspecified atom stereocenters. The lowest BCUT2D eigenvalue weighted by Gasteiger charge is -2.09. The van der Waals surface area contributed by atoms with E-state index in [0.29, 0.717) is 24.0 Å². The molecule has 1 aliphatic rings. The van der Waals surface area contributed by atoms with Gasteiger partial charge in [-0.15, -0.1) is 0 Å². The van der Waals surface area contributed by atoms with E-state index >= 15 is 0 Å². The Kier molecular flexibility index (Phi) is 4.51. The maximum Gasteiger partial charge on any atom is 0.251 e. The van der Waals surface area contributed by atoms with E-state index in [9.17, 15) is 18.4 Å². The van der Waals surface area contributed by atoms with Gasteiger partial charge in [-0.3, -0.25) is 9.59 Å². The van der Waals surface area contributed by atoms with Gasteiger partial charge in [-0.2, -0.15) is 0 Å².